The molecule has 0 aliphatic carbocycles. The highest BCUT2D eigenvalue weighted by atomic mass is 32.2. The summed E-state index contributed by atoms with van der Waals surface area (Å²) >= 11 is 0. The van der Waals surface area contributed by atoms with Gasteiger partial charge in [-0.25, -0.2) is 16.8 Å². The summed E-state index contributed by atoms with van der Waals surface area (Å²) in [6.45, 7) is 8.06. The van der Waals surface area contributed by atoms with Gasteiger partial charge in [0.1, 0.15) is 9.79 Å². The molecule has 0 aliphatic heterocycles. The molecule has 0 spiro atoms. The van der Waals surface area contributed by atoms with Gasteiger partial charge in [-0.15, -0.1) is 0 Å². The number of rotatable bonds is 8. The topological polar surface area (TPSA) is 74.8 Å². The van der Waals surface area contributed by atoms with E-state index in [4.69, 9.17) is 0 Å². The molecule has 0 amide bonds. The third-order valence-electron chi connectivity index (χ3n) is 3.50. The molecule has 6 nitrogen and oxygen atoms in total. The smallest absolute Gasteiger partial charge is 0.207 e. The molecular weight excluding hydrogens is 324 g/mol. The maximum atomic E-state index is 12.7. The molecule has 0 saturated heterocycles. The second kappa shape index (κ2) is 7.54. The van der Waals surface area contributed by atoms with E-state index in [1.807, 2.05) is 0 Å². The predicted molar refractivity (Wildman–Crippen MR) is 86.7 cm³/mol. The maximum Gasteiger partial charge on any atom is 0.244 e. The number of benzene rings is 1. The van der Waals surface area contributed by atoms with E-state index in [0.717, 1.165) is 0 Å². The van der Waals surface area contributed by atoms with Crippen molar-refractivity contribution in [1.29, 1.82) is 0 Å². The molecule has 0 unspecified atom stereocenters. The first kappa shape index (κ1) is 19.1. The van der Waals surface area contributed by atoms with Gasteiger partial charge in [0.15, 0.2) is 0 Å². The molecule has 0 bridgehead atoms. The Kier molecular flexibility index (Phi) is 6.54. The van der Waals surface area contributed by atoms with Crippen LogP contribution in [0.5, 0.6) is 0 Å². The Bertz CT molecular complexity index is 630. The number of nitrogens with zero attached hydrogens (tertiary/aromatic N) is 2. The lowest BCUT2D eigenvalue weighted by molar-refractivity contribution is 0.434. The molecule has 0 aromatic heterocycles. The SMILES string of the molecule is CCN(CC)S(=O)(=O)c1ccccc1S(=O)(=O)N(CC)CC. The monoisotopic (exact) mass is 348 g/mol. The molecule has 1 aromatic carbocycles. The fraction of sp³-hybridized carbons (Fsp3) is 0.571. The molecule has 0 aliphatic rings. The molecule has 1 aromatic rings. The van der Waals surface area contributed by atoms with Crippen molar-refractivity contribution in [3.05, 3.63) is 24.3 Å². The lowest BCUT2D eigenvalue weighted by atomic mass is 10.4. The van der Waals surface area contributed by atoms with E-state index in [1.165, 1.54) is 32.9 Å². The summed E-state index contributed by atoms with van der Waals surface area (Å²) in [5, 5.41) is 0. The molecule has 0 radical (unpaired) electrons. The summed E-state index contributed by atoms with van der Waals surface area (Å²) in [5.41, 5.74) is 0. The van der Waals surface area contributed by atoms with Crippen LogP contribution in [0.1, 0.15) is 27.7 Å². The van der Waals surface area contributed by atoms with E-state index in [-0.39, 0.29) is 9.79 Å². The standard InChI is InChI=1S/C14H24N2O4S2/c1-5-15(6-2)21(17,18)13-11-9-10-12-14(13)22(19,20)16(7-3)8-4/h9-12H,5-8H2,1-4H3. The molecule has 0 fully saturated rings. The van der Waals surface area contributed by atoms with Crippen LogP contribution in [0.25, 0.3) is 0 Å². The maximum absolute atomic E-state index is 12.7. The minimum Gasteiger partial charge on any atom is -0.207 e. The summed E-state index contributed by atoms with van der Waals surface area (Å²) in [6.07, 6.45) is 0. The predicted octanol–water partition coefficient (Wildman–Crippen LogP) is 1.75. The van der Waals surface area contributed by atoms with Crippen molar-refractivity contribution in [2.24, 2.45) is 0 Å². The Balaban J connectivity index is 3.57. The summed E-state index contributed by atoms with van der Waals surface area (Å²) in [6, 6.07) is 5.78. The fourth-order valence-corrected chi connectivity index (χ4v) is 5.98. The minimum atomic E-state index is -3.84. The van der Waals surface area contributed by atoms with Gasteiger partial charge in [0.05, 0.1) is 0 Å². The Morgan fingerprint density at radius 3 is 1.18 bits per heavy atom. The zero-order chi connectivity index (χ0) is 17.0. The first-order chi connectivity index (χ1) is 10.3. The average Bonchev–Trinajstić information content (AvgIpc) is 2.49. The van der Waals surface area contributed by atoms with Gasteiger partial charge in [0.25, 0.3) is 0 Å². The second-order valence-electron chi connectivity index (χ2n) is 4.63. The molecule has 1 rings (SSSR count). The van der Waals surface area contributed by atoms with Crippen LogP contribution >= 0.6 is 0 Å². The summed E-state index contributed by atoms with van der Waals surface area (Å²) < 4.78 is 53.3. The van der Waals surface area contributed by atoms with E-state index in [9.17, 15) is 16.8 Å². The molecule has 0 N–H and O–H groups in total. The van der Waals surface area contributed by atoms with Crippen LogP contribution in [0.3, 0.4) is 0 Å². The van der Waals surface area contributed by atoms with Crippen molar-refractivity contribution >= 4 is 20.0 Å². The largest absolute Gasteiger partial charge is 0.244 e. The molecule has 0 heterocycles. The zero-order valence-electron chi connectivity index (χ0n) is 13.5. The van der Waals surface area contributed by atoms with Gasteiger partial charge in [-0.1, -0.05) is 39.8 Å². The molecule has 126 valence electrons. The van der Waals surface area contributed by atoms with Crippen molar-refractivity contribution in [2.75, 3.05) is 26.2 Å². The van der Waals surface area contributed by atoms with E-state index < -0.39 is 20.0 Å². The minimum absolute atomic E-state index is 0.161. The van der Waals surface area contributed by atoms with Gasteiger partial charge in [0, 0.05) is 26.2 Å². The lowest BCUT2D eigenvalue weighted by Crippen LogP contribution is -2.35. The van der Waals surface area contributed by atoms with E-state index in [0.29, 0.717) is 26.2 Å². The lowest BCUT2D eigenvalue weighted by Gasteiger charge is -2.23. The summed E-state index contributed by atoms with van der Waals surface area (Å²) in [5.74, 6) is 0. The van der Waals surface area contributed by atoms with Crippen LogP contribution in [0.2, 0.25) is 0 Å². The van der Waals surface area contributed by atoms with Crippen molar-refractivity contribution < 1.29 is 16.8 Å². The molecule has 0 saturated carbocycles. The first-order valence-electron chi connectivity index (χ1n) is 7.36. The van der Waals surface area contributed by atoms with Crippen LogP contribution in [-0.4, -0.2) is 51.6 Å². The molecule has 8 heteroatoms. The molecule has 0 atom stereocenters. The second-order valence-corrected chi connectivity index (χ2v) is 8.44. The number of sulfonamides is 2. The van der Waals surface area contributed by atoms with Crippen LogP contribution in [0, 0.1) is 0 Å². The van der Waals surface area contributed by atoms with Crippen molar-refractivity contribution in [3.8, 4) is 0 Å². The van der Waals surface area contributed by atoms with Gasteiger partial charge in [-0.3, -0.25) is 0 Å². The Hall–Kier alpha value is -0.960. The van der Waals surface area contributed by atoms with Gasteiger partial charge >= 0.3 is 0 Å². The van der Waals surface area contributed by atoms with Crippen molar-refractivity contribution in [2.45, 2.75) is 37.5 Å². The van der Waals surface area contributed by atoms with E-state index in [2.05, 4.69) is 0 Å². The zero-order valence-corrected chi connectivity index (χ0v) is 15.1. The van der Waals surface area contributed by atoms with Crippen LogP contribution in [0.15, 0.2) is 34.1 Å². The quantitative estimate of drug-likeness (QED) is 0.717. The molecular formula is C14H24N2O4S2. The third-order valence-corrected chi connectivity index (χ3v) is 7.84. The van der Waals surface area contributed by atoms with Crippen LogP contribution in [0.4, 0.5) is 0 Å². The van der Waals surface area contributed by atoms with Gasteiger partial charge in [-0.2, -0.15) is 8.61 Å². The van der Waals surface area contributed by atoms with Gasteiger partial charge < -0.3 is 0 Å². The Morgan fingerprint density at radius 1 is 0.682 bits per heavy atom. The fourth-order valence-electron chi connectivity index (χ4n) is 2.28. The summed E-state index contributed by atoms with van der Waals surface area (Å²) in [4.78, 5) is -0.323. The normalized spacial score (nSPS) is 13.0. The first-order valence-corrected chi connectivity index (χ1v) is 10.2. The Morgan fingerprint density at radius 2 is 0.955 bits per heavy atom. The van der Waals surface area contributed by atoms with Crippen LogP contribution in [-0.2, 0) is 20.0 Å². The van der Waals surface area contributed by atoms with Crippen molar-refractivity contribution in [3.63, 3.8) is 0 Å². The highest BCUT2D eigenvalue weighted by Crippen LogP contribution is 2.26. The van der Waals surface area contributed by atoms with Gasteiger partial charge in [-0.05, 0) is 12.1 Å². The highest BCUT2D eigenvalue weighted by Gasteiger charge is 2.32. The summed E-state index contributed by atoms with van der Waals surface area (Å²) in [7, 11) is -7.67. The molecule has 22 heavy (non-hydrogen) atoms. The Labute approximate surface area is 133 Å². The van der Waals surface area contributed by atoms with E-state index >= 15 is 0 Å². The van der Waals surface area contributed by atoms with Crippen LogP contribution < -0.4 is 0 Å². The average molecular weight is 348 g/mol. The number of hydrogen-bond acceptors (Lipinski definition) is 4. The van der Waals surface area contributed by atoms with Gasteiger partial charge in [0.2, 0.25) is 20.0 Å². The highest BCUT2D eigenvalue weighted by molar-refractivity contribution is 7.92. The number of hydrogen-bond donors (Lipinski definition) is 0. The third kappa shape index (κ3) is 3.51. The van der Waals surface area contributed by atoms with Crippen molar-refractivity contribution in [1.82, 2.24) is 8.61 Å². The van der Waals surface area contributed by atoms with E-state index in [1.54, 1.807) is 27.7 Å².